The molecule has 0 aliphatic heterocycles. The van der Waals surface area contributed by atoms with Crippen LogP contribution >= 0.6 is 34.2 Å². The largest absolute Gasteiger partial charge is 0.322 e. The van der Waals surface area contributed by atoms with E-state index in [-0.39, 0.29) is 5.91 Å². The van der Waals surface area contributed by atoms with Crippen LogP contribution in [0.3, 0.4) is 0 Å². The maximum Gasteiger partial charge on any atom is 0.256 e. The second-order valence-electron chi connectivity index (χ2n) is 4.25. The summed E-state index contributed by atoms with van der Waals surface area (Å²) in [4.78, 5) is 12.2. The quantitative estimate of drug-likeness (QED) is 0.640. The molecule has 0 spiro atoms. The van der Waals surface area contributed by atoms with Crippen LogP contribution < -0.4 is 5.32 Å². The van der Waals surface area contributed by atoms with Crippen molar-refractivity contribution in [2.75, 3.05) is 5.32 Å². The Hall–Kier alpha value is -1.60. The van der Waals surface area contributed by atoms with Crippen molar-refractivity contribution in [3.05, 3.63) is 56.8 Å². The van der Waals surface area contributed by atoms with Crippen LogP contribution in [0.4, 0.5) is 5.69 Å². The second-order valence-corrected chi connectivity index (χ2v) is 5.85. The summed E-state index contributed by atoms with van der Waals surface area (Å²) < 4.78 is 0.817. The van der Waals surface area contributed by atoms with Crippen molar-refractivity contribution in [1.29, 1.82) is 0 Å². The van der Waals surface area contributed by atoms with Gasteiger partial charge in [-0.05, 0) is 59.0 Å². The molecule has 0 saturated carbocycles. The number of anilines is 1. The Morgan fingerprint density at radius 1 is 1.25 bits per heavy atom. The Balaban J connectivity index is 1.87. The van der Waals surface area contributed by atoms with Gasteiger partial charge in [0.1, 0.15) is 0 Å². The highest BCUT2D eigenvalue weighted by Crippen LogP contribution is 2.21. The summed E-state index contributed by atoms with van der Waals surface area (Å²) in [7, 11) is 0. The number of H-pyrrole nitrogens is 1. The van der Waals surface area contributed by atoms with Crippen LogP contribution in [0.1, 0.15) is 10.4 Å². The lowest BCUT2D eigenvalue weighted by atomic mass is 10.2. The van der Waals surface area contributed by atoms with Gasteiger partial charge >= 0.3 is 0 Å². The van der Waals surface area contributed by atoms with E-state index in [1.165, 1.54) is 0 Å². The molecule has 6 heteroatoms. The van der Waals surface area contributed by atoms with Gasteiger partial charge in [0.25, 0.3) is 5.91 Å². The van der Waals surface area contributed by atoms with E-state index < -0.39 is 0 Å². The number of nitrogens with one attached hydrogen (secondary N) is 2. The van der Waals surface area contributed by atoms with Crippen molar-refractivity contribution >= 4 is 56.7 Å². The van der Waals surface area contributed by atoms with E-state index in [9.17, 15) is 4.79 Å². The van der Waals surface area contributed by atoms with E-state index in [0.717, 1.165) is 20.2 Å². The summed E-state index contributed by atoms with van der Waals surface area (Å²) in [6.45, 7) is 0. The standard InChI is InChI=1S/C14H9ClIN3O/c15-9-1-3-11(12(16)6-9)14(20)18-10-2-4-13-8(5-10)7-17-19-13/h1-7H,(H,17,19)(H,18,20). The third-order valence-corrected chi connectivity index (χ3v) is 4.00. The number of carbonyl (C=O) groups excluding carboxylic acids is 1. The zero-order chi connectivity index (χ0) is 14.1. The van der Waals surface area contributed by atoms with Gasteiger partial charge in [-0.1, -0.05) is 11.6 Å². The number of rotatable bonds is 2. The fourth-order valence-electron chi connectivity index (χ4n) is 1.89. The van der Waals surface area contributed by atoms with Crippen LogP contribution in [0.5, 0.6) is 0 Å². The molecule has 2 aromatic carbocycles. The molecule has 0 radical (unpaired) electrons. The summed E-state index contributed by atoms with van der Waals surface area (Å²) >= 11 is 7.98. The SMILES string of the molecule is O=C(Nc1ccc2[nH]ncc2c1)c1ccc(Cl)cc1I. The number of aromatic nitrogens is 2. The first-order chi connectivity index (χ1) is 9.63. The average molecular weight is 398 g/mol. The van der Waals surface area contributed by atoms with Gasteiger partial charge in [-0.3, -0.25) is 9.89 Å². The fraction of sp³-hybridized carbons (Fsp3) is 0. The van der Waals surface area contributed by atoms with Crippen molar-refractivity contribution in [2.45, 2.75) is 0 Å². The maximum absolute atomic E-state index is 12.2. The number of benzene rings is 2. The van der Waals surface area contributed by atoms with E-state index in [1.807, 2.05) is 18.2 Å². The highest BCUT2D eigenvalue weighted by molar-refractivity contribution is 14.1. The van der Waals surface area contributed by atoms with E-state index in [4.69, 9.17) is 11.6 Å². The molecule has 0 bridgehead atoms. The van der Waals surface area contributed by atoms with Gasteiger partial charge in [0.2, 0.25) is 0 Å². The number of hydrogen-bond acceptors (Lipinski definition) is 2. The van der Waals surface area contributed by atoms with Crippen LogP contribution in [-0.4, -0.2) is 16.1 Å². The Kier molecular flexibility index (Phi) is 3.62. The Morgan fingerprint density at radius 3 is 2.90 bits per heavy atom. The molecule has 0 fully saturated rings. The number of nitrogens with zero attached hydrogens (tertiary/aromatic N) is 1. The minimum atomic E-state index is -0.158. The van der Waals surface area contributed by atoms with Gasteiger partial charge in [0.15, 0.2) is 0 Å². The molecular weight excluding hydrogens is 389 g/mol. The minimum Gasteiger partial charge on any atom is -0.322 e. The van der Waals surface area contributed by atoms with E-state index in [0.29, 0.717) is 10.6 Å². The Morgan fingerprint density at radius 2 is 2.10 bits per heavy atom. The Labute approximate surface area is 133 Å². The summed E-state index contributed by atoms with van der Waals surface area (Å²) in [5, 5.41) is 11.3. The molecule has 3 rings (SSSR count). The predicted octanol–water partition coefficient (Wildman–Crippen LogP) is 4.07. The van der Waals surface area contributed by atoms with Crippen LogP contribution in [0.15, 0.2) is 42.6 Å². The molecule has 1 aromatic heterocycles. The van der Waals surface area contributed by atoms with Crippen LogP contribution in [0, 0.1) is 3.57 Å². The van der Waals surface area contributed by atoms with Gasteiger partial charge in [-0.25, -0.2) is 0 Å². The zero-order valence-electron chi connectivity index (χ0n) is 10.2. The monoisotopic (exact) mass is 397 g/mol. The van der Waals surface area contributed by atoms with Gasteiger partial charge in [-0.15, -0.1) is 0 Å². The molecule has 2 N–H and O–H groups in total. The summed E-state index contributed by atoms with van der Waals surface area (Å²) in [6, 6.07) is 10.8. The molecule has 3 aromatic rings. The molecule has 4 nitrogen and oxygen atoms in total. The topological polar surface area (TPSA) is 57.8 Å². The highest BCUT2D eigenvalue weighted by Gasteiger charge is 2.11. The summed E-state index contributed by atoms with van der Waals surface area (Å²) in [5.74, 6) is -0.158. The first-order valence-electron chi connectivity index (χ1n) is 5.83. The van der Waals surface area contributed by atoms with Gasteiger partial charge < -0.3 is 5.32 Å². The zero-order valence-corrected chi connectivity index (χ0v) is 13.1. The number of aromatic amines is 1. The van der Waals surface area contributed by atoms with Gasteiger partial charge in [0.05, 0.1) is 17.3 Å². The van der Waals surface area contributed by atoms with E-state index in [2.05, 4.69) is 38.1 Å². The van der Waals surface area contributed by atoms with Crippen molar-refractivity contribution in [2.24, 2.45) is 0 Å². The Bertz CT molecular complexity index is 800. The number of fused-ring (bicyclic) bond motifs is 1. The van der Waals surface area contributed by atoms with Crippen molar-refractivity contribution in [1.82, 2.24) is 10.2 Å². The lowest BCUT2D eigenvalue weighted by Crippen LogP contribution is -2.13. The molecule has 0 atom stereocenters. The number of halogens is 2. The number of hydrogen-bond donors (Lipinski definition) is 2. The smallest absolute Gasteiger partial charge is 0.256 e. The highest BCUT2D eigenvalue weighted by atomic mass is 127. The second kappa shape index (κ2) is 5.41. The first-order valence-corrected chi connectivity index (χ1v) is 7.29. The molecule has 0 saturated heterocycles. The van der Waals surface area contributed by atoms with Crippen LogP contribution in [0.2, 0.25) is 5.02 Å². The summed E-state index contributed by atoms with van der Waals surface area (Å²) in [5.41, 5.74) is 2.26. The molecule has 20 heavy (non-hydrogen) atoms. The predicted molar refractivity (Wildman–Crippen MR) is 88.2 cm³/mol. The number of amides is 1. The van der Waals surface area contributed by atoms with E-state index in [1.54, 1.807) is 24.4 Å². The van der Waals surface area contributed by atoms with Gasteiger partial charge in [-0.2, -0.15) is 5.10 Å². The summed E-state index contributed by atoms with van der Waals surface area (Å²) in [6.07, 6.45) is 1.72. The molecule has 1 amide bonds. The van der Waals surface area contributed by atoms with Crippen molar-refractivity contribution in [3.8, 4) is 0 Å². The third-order valence-electron chi connectivity index (χ3n) is 2.87. The fourth-order valence-corrected chi connectivity index (χ4v) is 3.01. The van der Waals surface area contributed by atoms with Crippen LogP contribution in [-0.2, 0) is 0 Å². The molecule has 0 aliphatic carbocycles. The maximum atomic E-state index is 12.2. The lowest BCUT2D eigenvalue weighted by Gasteiger charge is -2.07. The molecular formula is C14H9ClIN3O. The first kappa shape index (κ1) is 13.4. The lowest BCUT2D eigenvalue weighted by molar-refractivity contribution is 0.102. The van der Waals surface area contributed by atoms with Crippen molar-refractivity contribution < 1.29 is 4.79 Å². The van der Waals surface area contributed by atoms with Crippen molar-refractivity contribution in [3.63, 3.8) is 0 Å². The molecule has 1 heterocycles. The normalized spacial score (nSPS) is 10.7. The van der Waals surface area contributed by atoms with E-state index >= 15 is 0 Å². The third kappa shape index (κ3) is 2.64. The molecule has 100 valence electrons. The van der Waals surface area contributed by atoms with Gasteiger partial charge in [0, 0.05) is 19.7 Å². The average Bonchev–Trinajstić information content (AvgIpc) is 2.85. The molecule has 0 unspecified atom stereocenters. The molecule has 0 aliphatic rings. The number of carbonyl (C=O) groups is 1. The minimum absolute atomic E-state index is 0.158. The van der Waals surface area contributed by atoms with Crippen LogP contribution in [0.25, 0.3) is 10.9 Å².